The van der Waals surface area contributed by atoms with E-state index in [0.29, 0.717) is 17.7 Å². The maximum Gasteiger partial charge on any atom is 0.253 e. The molecule has 2 amide bonds. The Kier molecular flexibility index (Phi) is 7.35. The number of para-hydroxylation sites is 1. The summed E-state index contributed by atoms with van der Waals surface area (Å²) in [5, 5.41) is 5.41. The molecule has 1 aromatic rings. The molecule has 0 aromatic heterocycles. The normalized spacial score (nSPS) is 20.6. The molecule has 2 unspecified atom stereocenters. The van der Waals surface area contributed by atoms with Crippen LogP contribution in [0.25, 0.3) is 0 Å². The van der Waals surface area contributed by atoms with Crippen molar-refractivity contribution in [2.45, 2.75) is 38.1 Å². The molecule has 0 aliphatic heterocycles. The van der Waals surface area contributed by atoms with Gasteiger partial charge < -0.3 is 16.4 Å². The van der Waals surface area contributed by atoms with Gasteiger partial charge in [0.1, 0.15) is 0 Å². The van der Waals surface area contributed by atoms with E-state index in [1.54, 1.807) is 31.3 Å². The summed E-state index contributed by atoms with van der Waals surface area (Å²) in [4.78, 5) is 24.0. The molecule has 122 valence electrons. The van der Waals surface area contributed by atoms with E-state index < -0.39 is 0 Å². The lowest BCUT2D eigenvalue weighted by Gasteiger charge is -2.28. The van der Waals surface area contributed by atoms with Crippen LogP contribution in [0.1, 0.15) is 42.5 Å². The van der Waals surface area contributed by atoms with Gasteiger partial charge in [-0.3, -0.25) is 9.59 Å². The van der Waals surface area contributed by atoms with Crippen molar-refractivity contribution in [3.8, 4) is 0 Å². The van der Waals surface area contributed by atoms with Gasteiger partial charge in [-0.15, -0.1) is 12.4 Å². The Balaban J connectivity index is 0.00000242. The van der Waals surface area contributed by atoms with Gasteiger partial charge in [-0.2, -0.15) is 0 Å². The second-order valence-electron chi connectivity index (χ2n) is 5.59. The van der Waals surface area contributed by atoms with Crippen molar-refractivity contribution in [2.75, 3.05) is 12.4 Å². The molecule has 22 heavy (non-hydrogen) atoms. The molecule has 0 saturated heterocycles. The maximum absolute atomic E-state index is 12.2. The van der Waals surface area contributed by atoms with Crippen molar-refractivity contribution >= 4 is 29.9 Å². The number of nitrogens with two attached hydrogens (primary N) is 1. The molecule has 5 nitrogen and oxygen atoms in total. The van der Waals surface area contributed by atoms with Crippen molar-refractivity contribution < 1.29 is 9.59 Å². The summed E-state index contributed by atoms with van der Waals surface area (Å²) in [6, 6.07) is 7.12. The predicted molar refractivity (Wildman–Crippen MR) is 90.3 cm³/mol. The van der Waals surface area contributed by atoms with Crippen LogP contribution in [0.3, 0.4) is 0 Å². The average molecular weight is 326 g/mol. The Hall–Kier alpha value is -1.59. The monoisotopic (exact) mass is 325 g/mol. The summed E-state index contributed by atoms with van der Waals surface area (Å²) >= 11 is 0. The van der Waals surface area contributed by atoms with E-state index in [9.17, 15) is 9.59 Å². The van der Waals surface area contributed by atoms with Crippen molar-refractivity contribution in [3.63, 3.8) is 0 Å². The van der Waals surface area contributed by atoms with Crippen LogP contribution in [0.5, 0.6) is 0 Å². The van der Waals surface area contributed by atoms with Crippen LogP contribution in [-0.2, 0) is 4.79 Å². The van der Waals surface area contributed by atoms with E-state index in [4.69, 9.17) is 5.73 Å². The fraction of sp³-hybridized carbons (Fsp3) is 0.500. The topological polar surface area (TPSA) is 84.2 Å². The Morgan fingerprint density at radius 3 is 2.59 bits per heavy atom. The van der Waals surface area contributed by atoms with Crippen LogP contribution in [-0.4, -0.2) is 24.9 Å². The molecule has 0 heterocycles. The number of halogens is 1. The number of carbonyl (C=O) groups excluding carboxylic acids is 2. The van der Waals surface area contributed by atoms with Gasteiger partial charge in [0.2, 0.25) is 5.91 Å². The average Bonchev–Trinajstić information content (AvgIpc) is 2.49. The van der Waals surface area contributed by atoms with Gasteiger partial charge >= 0.3 is 0 Å². The van der Waals surface area contributed by atoms with Gasteiger partial charge in [0.05, 0.1) is 11.3 Å². The predicted octanol–water partition coefficient (Wildman–Crippen LogP) is 2.31. The van der Waals surface area contributed by atoms with Crippen molar-refractivity contribution in [2.24, 2.45) is 11.7 Å². The van der Waals surface area contributed by atoms with Crippen LogP contribution in [0, 0.1) is 5.92 Å². The van der Waals surface area contributed by atoms with E-state index in [0.717, 1.165) is 25.7 Å². The van der Waals surface area contributed by atoms with Gasteiger partial charge in [0, 0.05) is 19.5 Å². The smallest absolute Gasteiger partial charge is 0.253 e. The molecule has 1 aliphatic carbocycles. The lowest BCUT2D eigenvalue weighted by atomic mass is 9.83. The molecular formula is C16H24ClN3O2. The molecular weight excluding hydrogens is 302 g/mol. The highest BCUT2D eigenvalue weighted by Crippen LogP contribution is 2.26. The molecule has 2 rings (SSSR count). The van der Waals surface area contributed by atoms with E-state index in [2.05, 4.69) is 10.6 Å². The number of nitrogens with one attached hydrogen (secondary N) is 2. The molecule has 1 aromatic carbocycles. The summed E-state index contributed by atoms with van der Waals surface area (Å²) in [5.41, 5.74) is 7.10. The third-order valence-electron chi connectivity index (χ3n) is 4.09. The standard InChI is InChI=1S/C16H23N3O2.ClH/c1-18-16(21)12-7-3-5-9-14(12)19-15(20)10-11-6-2-4-8-13(11)17;/h3,5,7,9,11,13H,2,4,6,8,10,17H2,1H3,(H,18,21)(H,19,20);1H. The summed E-state index contributed by atoms with van der Waals surface area (Å²) in [5.74, 6) is -0.0418. The molecule has 1 aliphatic rings. The molecule has 2 atom stereocenters. The Morgan fingerprint density at radius 2 is 1.91 bits per heavy atom. The van der Waals surface area contributed by atoms with Crippen LogP contribution in [0.2, 0.25) is 0 Å². The molecule has 1 saturated carbocycles. The van der Waals surface area contributed by atoms with Crippen molar-refractivity contribution in [3.05, 3.63) is 29.8 Å². The summed E-state index contributed by atoms with van der Waals surface area (Å²) < 4.78 is 0. The van der Waals surface area contributed by atoms with Gasteiger partial charge in [-0.05, 0) is 30.9 Å². The number of rotatable bonds is 4. The minimum absolute atomic E-state index is 0. The van der Waals surface area contributed by atoms with Gasteiger partial charge in [-0.25, -0.2) is 0 Å². The van der Waals surface area contributed by atoms with Crippen molar-refractivity contribution in [1.82, 2.24) is 5.32 Å². The lowest BCUT2D eigenvalue weighted by molar-refractivity contribution is -0.117. The van der Waals surface area contributed by atoms with Gasteiger partial charge in [0.25, 0.3) is 5.91 Å². The summed E-state index contributed by atoms with van der Waals surface area (Å²) in [7, 11) is 1.57. The first-order valence-electron chi connectivity index (χ1n) is 7.48. The molecule has 6 heteroatoms. The molecule has 0 bridgehead atoms. The van der Waals surface area contributed by atoms with E-state index in [1.165, 1.54) is 0 Å². The Labute approximate surface area is 137 Å². The van der Waals surface area contributed by atoms with Crippen LogP contribution >= 0.6 is 12.4 Å². The van der Waals surface area contributed by atoms with Gasteiger partial charge in [0.15, 0.2) is 0 Å². The fourth-order valence-corrected chi connectivity index (χ4v) is 2.85. The van der Waals surface area contributed by atoms with Crippen LogP contribution in [0.15, 0.2) is 24.3 Å². The zero-order valence-electron chi connectivity index (χ0n) is 12.8. The second kappa shape index (κ2) is 8.76. The van der Waals surface area contributed by atoms with Gasteiger partial charge in [-0.1, -0.05) is 25.0 Å². The third-order valence-corrected chi connectivity index (χ3v) is 4.09. The van der Waals surface area contributed by atoms with Crippen LogP contribution in [0.4, 0.5) is 5.69 Å². The molecule has 4 N–H and O–H groups in total. The van der Waals surface area contributed by atoms with Crippen LogP contribution < -0.4 is 16.4 Å². The minimum atomic E-state index is -0.208. The van der Waals surface area contributed by atoms with E-state index >= 15 is 0 Å². The Morgan fingerprint density at radius 1 is 1.23 bits per heavy atom. The SMILES string of the molecule is CNC(=O)c1ccccc1NC(=O)CC1CCCCC1N.Cl. The highest BCUT2D eigenvalue weighted by molar-refractivity contribution is 6.03. The molecule has 0 radical (unpaired) electrons. The first-order valence-corrected chi connectivity index (χ1v) is 7.48. The largest absolute Gasteiger partial charge is 0.355 e. The number of carbonyl (C=O) groups is 2. The first-order chi connectivity index (χ1) is 10.1. The third kappa shape index (κ3) is 4.71. The number of hydrogen-bond acceptors (Lipinski definition) is 3. The quantitative estimate of drug-likeness (QED) is 0.794. The maximum atomic E-state index is 12.2. The number of anilines is 1. The fourth-order valence-electron chi connectivity index (χ4n) is 2.85. The van der Waals surface area contributed by atoms with E-state index in [-0.39, 0.29) is 36.2 Å². The minimum Gasteiger partial charge on any atom is -0.355 e. The van der Waals surface area contributed by atoms with Crippen molar-refractivity contribution in [1.29, 1.82) is 0 Å². The first kappa shape index (κ1) is 18.5. The number of hydrogen-bond donors (Lipinski definition) is 3. The second-order valence-corrected chi connectivity index (χ2v) is 5.59. The zero-order valence-corrected chi connectivity index (χ0v) is 13.6. The highest BCUT2D eigenvalue weighted by Gasteiger charge is 2.24. The van der Waals surface area contributed by atoms with E-state index in [1.807, 2.05) is 0 Å². The Bertz CT molecular complexity index is 522. The number of amides is 2. The number of benzene rings is 1. The summed E-state index contributed by atoms with van der Waals surface area (Å²) in [6.45, 7) is 0. The zero-order chi connectivity index (χ0) is 15.2. The molecule has 0 spiro atoms. The summed E-state index contributed by atoms with van der Waals surface area (Å²) in [6.07, 6.45) is 4.71. The lowest BCUT2D eigenvalue weighted by Crippen LogP contribution is -2.35. The highest BCUT2D eigenvalue weighted by atomic mass is 35.5. The molecule has 1 fully saturated rings.